The lowest BCUT2D eigenvalue weighted by Crippen LogP contribution is -2.22. The van der Waals surface area contributed by atoms with E-state index in [-0.39, 0.29) is 17.5 Å². The largest absolute Gasteiger partial charge is 0.492 e. The van der Waals surface area contributed by atoms with Crippen molar-refractivity contribution < 1.29 is 27.2 Å². The van der Waals surface area contributed by atoms with Gasteiger partial charge < -0.3 is 21.3 Å². The van der Waals surface area contributed by atoms with Gasteiger partial charge in [-0.3, -0.25) is 8.98 Å². The molecule has 0 heterocycles. The van der Waals surface area contributed by atoms with Crippen LogP contribution in [0.1, 0.15) is 24.5 Å². The van der Waals surface area contributed by atoms with E-state index in [9.17, 15) is 8.42 Å². The van der Waals surface area contributed by atoms with Gasteiger partial charge in [-0.2, -0.15) is 8.42 Å². The molecule has 0 atom stereocenters. The summed E-state index contributed by atoms with van der Waals surface area (Å²) < 4.78 is 35.6. The Bertz CT molecular complexity index is 986. The summed E-state index contributed by atoms with van der Waals surface area (Å²) in [6.07, 6.45) is 0.424. The smallest absolute Gasteiger partial charge is 0.300 e. The zero-order valence-corrected chi connectivity index (χ0v) is 19.6. The van der Waals surface area contributed by atoms with Crippen molar-refractivity contribution in [1.82, 2.24) is 0 Å². The lowest BCUT2D eigenvalue weighted by atomic mass is 10.2. The molecule has 0 spiro atoms. The van der Waals surface area contributed by atoms with E-state index in [4.69, 9.17) is 30.3 Å². The fraction of sp³-hybridized carbons (Fsp3) is 0.300. The van der Waals surface area contributed by atoms with Gasteiger partial charge in [0.2, 0.25) is 0 Å². The number of aliphatic imine (C=N–C) groups is 1. The maximum Gasteiger partial charge on any atom is 0.300 e. The number of ether oxygens (including phenoxy) is 1. The molecule has 170 valence electrons. The minimum absolute atomic E-state index is 0.0343. The van der Waals surface area contributed by atoms with Crippen LogP contribution in [0.5, 0.6) is 5.75 Å². The summed E-state index contributed by atoms with van der Waals surface area (Å²) in [6.45, 7) is 3.71. The number of hydrogen-bond donors (Lipinski definition) is 3. The molecule has 0 bridgehead atoms. The average molecular weight is 516 g/mol. The molecule has 31 heavy (non-hydrogen) atoms. The third-order valence-electron chi connectivity index (χ3n) is 3.53. The maximum atomic E-state index is 12.1. The summed E-state index contributed by atoms with van der Waals surface area (Å²) in [6, 6.07) is 12.0. The van der Waals surface area contributed by atoms with Crippen molar-refractivity contribution in [2.75, 3.05) is 13.2 Å². The molecule has 2 aromatic carbocycles. The number of hydrogen-bond acceptors (Lipinski definition) is 6. The lowest BCUT2D eigenvalue weighted by molar-refractivity contribution is -0.134. The molecule has 0 saturated heterocycles. The Balaban J connectivity index is 0.00000110. The van der Waals surface area contributed by atoms with Gasteiger partial charge in [0.05, 0.1) is 29.1 Å². The van der Waals surface area contributed by atoms with Gasteiger partial charge in [0.1, 0.15) is 5.75 Å². The number of aliphatic carboxylic acids is 1. The first kappa shape index (κ1) is 26.4. The number of carboxylic acid groups (broad SMARTS) is 1. The molecule has 2 aromatic rings. The Morgan fingerprint density at radius 3 is 2.29 bits per heavy atom. The first-order valence-electron chi connectivity index (χ1n) is 9.13. The highest BCUT2D eigenvalue weighted by atomic mass is 79.9. The highest BCUT2D eigenvalue weighted by Crippen LogP contribution is 2.26. The van der Waals surface area contributed by atoms with Crippen LogP contribution < -0.4 is 16.2 Å². The van der Waals surface area contributed by atoms with Crippen molar-refractivity contribution in [1.29, 1.82) is 0 Å². The van der Waals surface area contributed by atoms with Crippen LogP contribution in [0.4, 0.5) is 0 Å². The Morgan fingerprint density at radius 2 is 1.74 bits per heavy atom. The van der Waals surface area contributed by atoms with Gasteiger partial charge in [-0.05, 0) is 52.7 Å². The molecule has 0 radical (unpaired) electrons. The van der Waals surface area contributed by atoms with Crippen LogP contribution in [0.2, 0.25) is 0 Å². The second kappa shape index (κ2) is 12.9. The second-order valence-electron chi connectivity index (χ2n) is 6.32. The van der Waals surface area contributed by atoms with Crippen LogP contribution >= 0.6 is 15.9 Å². The quantitative estimate of drug-likeness (QED) is 0.199. The van der Waals surface area contributed by atoms with Crippen molar-refractivity contribution in [3.05, 3.63) is 58.1 Å². The van der Waals surface area contributed by atoms with Gasteiger partial charge in [-0.1, -0.05) is 23.8 Å². The predicted octanol–water partition coefficient (Wildman–Crippen LogP) is 2.80. The monoisotopic (exact) mass is 515 g/mol. The van der Waals surface area contributed by atoms with E-state index in [1.807, 2.05) is 19.1 Å². The molecule has 0 aliphatic carbocycles. The Kier molecular flexibility index (Phi) is 11.0. The molecular formula is C20H26BrN3O6S. The number of carbonyl (C=O) groups is 1. The lowest BCUT2D eigenvalue weighted by Gasteiger charge is -2.10. The normalized spacial score (nSPS) is 10.5. The molecule has 0 aliphatic rings. The van der Waals surface area contributed by atoms with E-state index in [0.717, 1.165) is 22.5 Å². The maximum absolute atomic E-state index is 12.1. The molecule has 2 rings (SSSR count). The summed E-state index contributed by atoms with van der Waals surface area (Å²) in [7, 11) is -3.75. The van der Waals surface area contributed by atoms with Crippen LogP contribution in [-0.2, 0) is 25.6 Å². The van der Waals surface area contributed by atoms with Crippen LogP contribution in [0.15, 0.2) is 56.8 Å². The van der Waals surface area contributed by atoms with Crippen molar-refractivity contribution in [3.8, 4) is 5.75 Å². The zero-order valence-electron chi connectivity index (χ0n) is 17.2. The van der Waals surface area contributed by atoms with Crippen LogP contribution in [-0.4, -0.2) is 38.7 Å². The number of guanidine groups is 1. The van der Waals surface area contributed by atoms with E-state index in [0.29, 0.717) is 25.3 Å². The number of carboxylic acids is 1. The molecular weight excluding hydrogens is 490 g/mol. The van der Waals surface area contributed by atoms with Gasteiger partial charge in [-0.25, -0.2) is 4.99 Å². The highest BCUT2D eigenvalue weighted by molar-refractivity contribution is 9.10. The number of aryl methyl sites for hydroxylation is 1. The highest BCUT2D eigenvalue weighted by Gasteiger charge is 2.14. The van der Waals surface area contributed by atoms with Crippen molar-refractivity contribution in [3.63, 3.8) is 0 Å². The fourth-order valence-corrected chi connectivity index (χ4v) is 3.61. The standard InChI is InChI=1S/C18H22BrN3O4S.C2H4O2/c1-13-3-6-15(7-4-13)27(23,24)26-10-2-9-25-17-8-5-14(11-16(17)19)12-22-18(20)21;1-2(3)4/h3-8,11H,2,9-10,12H2,1H3,(H4,20,21,22);1H3,(H,3,4). The van der Waals surface area contributed by atoms with E-state index >= 15 is 0 Å². The number of rotatable bonds is 9. The Morgan fingerprint density at radius 1 is 1.13 bits per heavy atom. The minimum Gasteiger partial charge on any atom is -0.492 e. The molecule has 0 amide bonds. The summed E-state index contributed by atoms with van der Waals surface area (Å²) in [5.41, 5.74) is 12.5. The molecule has 0 unspecified atom stereocenters. The number of halogens is 1. The summed E-state index contributed by atoms with van der Waals surface area (Å²) >= 11 is 3.43. The molecule has 0 saturated carbocycles. The Hall–Kier alpha value is -2.63. The molecule has 0 fully saturated rings. The number of nitrogens with two attached hydrogens (primary N) is 2. The van der Waals surface area contributed by atoms with Gasteiger partial charge in [0.15, 0.2) is 5.96 Å². The van der Waals surface area contributed by atoms with Gasteiger partial charge >= 0.3 is 0 Å². The zero-order chi connectivity index (χ0) is 23.4. The topological polar surface area (TPSA) is 154 Å². The van der Waals surface area contributed by atoms with E-state index in [2.05, 4.69) is 20.9 Å². The van der Waals surface area contributed by atoms with Crippen molar-refractivity contribution >= 4 is 38.0 Å². The molecule has 9 nitrogen and oxygen atoms in total. The number of benzene rings is 2. The number of nitrogens with zero attached hydrogens (tertiary/aromatic N) is 1. The van der Waals surface area contributed by atoms with Gasteiger partial charge in [0, 0.05) is 13.3 Å². The van der Waals surface area contributed by atoms with Gasteiger partial charge in [0.25, 0.3) is 16.1 Å². The van der Waals surface area contributed by atoms with Crippen LogP contribution in [0.3, 0.4) is 0 Å². The summed E-state index contributed by atoms with van der Waals surface area (Å²) in [5.74, 6) is -0.156. The third kappa shape index (κ3) is 10.8. The van der Waals surface area contributed by atoms with Crippen LogP contribution in [0.25, 0.3) is 0 Å². The molecule has 0 aliphatic heterocycles. The summed E-state index contributed by atoms with van der Waals surface area (Å²) in [4.78, 5) is 13.1. The first-order valence-corrected chi connectivity index (χ1v) is 11.3. The third-order valence-corrected chi connectivity index (χ3v) is 5.48. The predicted molar refractivity (Wildman–Crippen MR) is 121 cm³/mol. The molecule has 11 heteroatoms. The van der Waals surface area contributed by atoms with Gasteiger partial charge in [-0.15, -0.1) is 0 Å². The van der Waals surface area contributed by atoms with E-state index in [1.54, 1.807) is 18.2 Å². The SMILES string of the molecule is CC(=O)O.Cc1ccc(S(=O)(=O)OCCCOc2ccc(CN=C(N)N)cc2Br)cc1. The van der Waals surface area contributed by atoms with Crippen molar-refractivity contribution in [2.45, 2.75) is 31.7 Å². The first-order chi connectivity index (χ1) is 14.5. The average Bonchev–Trinajstić information content (AvgIpc) is 2.67. The van der Waals surface area contributed by atoms with Crippen molar-refractivity contribution in [2.24, 2.45) is 16.5 Å². The van der Waals surface area contributed by atoms with E-state index in [1.165, 1.54) is 12.1 Å². The fourth-order valence-electron chi connectivity index (χ4n) is 2.12. The van der Waals surface area contributed by atoms with E-state index < -0.39 is 16.1 Å². The minimum atomic E-state index is -3.75. The molecule has 0 aromatic heterocycles. The van der Waals surface area contributed by atoms with Crippen LogP contribution in [0, 0.1) is 6.92 Å². The second-order valence-corrected chi connectivity index (χ2v) is 8.79. The molecule has 5 N–H and O–H groups in total. The Labute approximate surface area is 190 Å². The summed E-state index contributed by atoms with van der Waals surface area (Å²) in [5, 5.41) is 7.42.